The fourth-order valence-corrected chi connectivity index (χ4v) is 3.93. The van der Waals surface area contributed by atoms with Crippen molar-refractivity contribution < 1.29 is 19.1 Å². The summed E-state index contributed by atoms with van der Waals surface area (Å²) in [5.74, 6) is -0.601. The van der Waals surface area contributed by atoms with Crippen molar-refractivity contribution in [2.24, 2.45) is 0 Å². The average molecular weight is 480 g/mol. The highest BCUT2D eigenvalue weighted by Crippen LogP contribution is 2.36. The van der Waals surface area contributed by atoms with Gasteiger partial charge >= 0.3 is 6.09 Å². The van der Waals surface area contributed by atoms with Crippen LogP contribution in [-0.4, -0.2) is 40.5 Å². The minimum absolute atomic E-state index is 0.0659. The number of ether oxygens (including phenoxy) is 1. The summed E-state index contributed by atoms with van der Waals surface area (Å²) in [6.45, 7) is 10.9. The van der Waals surface area contributed by atoms with E-state index < -0.39 is 23.8 Å². The number of carbonyl (C=O) groups is 3. The maximum Gasteiger partial charge on any atom is 0.408 e. The molecule has 1 aliphatic carbocycles. The molecule has 0 radical (unpaired) electrons. The third-order valence-electron chi connectivity index (χ3n) is 5.93. The summed E-state index contributed by atoms with van der Waals surface area (Å²) >= 11 is 0. The normalized spacial score (nSPS) is 15.0. The van der Waals surface area contributed by atoms with E-state index in [-0.39, 0.29) is 17.9 Å². The Bertz CT molecular complexity index is 1050. The molecule has 0 aromatic heterocycles. The van der Waals surface area contributed by atoms with E-state index in [1.807, 2.05) is 55.5 Å². The van der Waals surface area contributed by atoms with Gasteiger partial charge in [0, 0.05) is 11.7 Å². The predicted molar refractivity (Wildman–Crippen MR) is 137 cm³/mol. The van der Waals surface area contributed by atoms with Gasteiger partial charge in [0.15, 0.2) is 0 Å². The minimum atomic E-state index is -0.853. The number of benzene rings is 2. The Morgan fingerprint density at radius 3 is 2.23 bits per heavy atom. The van der Waals surface area contributed by atoms with Crippen molar-refractivity contribution >= 4 is 23.6 Å². The molecule has 188 valence electrons. The summed E-state index contributed by atoms with van der Waals surface area (Å²) in [5.41, 5.74) is 2.84. The molecule has 2 aromatic carbocycles. The van der Waals surface area contributed by atoms with Crippen LogP contribution in [0.15, 0.2) is 48.5 Å². The number of amides is 3. The highest BCUT2D eigenvalue weighted by Gasteiger charge is 2.43. The molecule has 0 heterocycles. The second-order valence-electron chi connectivity index (χ2n) is 10.1. The van der Waals surface area contributed by atoms with Crippen molar-refractivity contribution in [2.75, 3.05) is 5.32 Å². The van der Waals surface area contributed by atoms with Crippen molar-refractivity contribution in [3.8, 4) is 0 Å². The number of rotatable bonds is 8. The molecule has 0 saturated heterocycles. The molecule has 1 aliphatic rings. The van der Waals surface area contributed by atoms with Crippen LogP contribution < -0.4 is 10.6 Å². The largest absolute Gasteiger partial charge is 0.444 e. The average Bonchev–Trinajstić information content (AvgIpc) is 3.62. The fraction of sp³-hybridized carbons (Fsp3) is 0.464. The highest BCUT2D eigenvalue weighted by atomic mass is 16.6. The number of nitrogens with one attached hydrogen (secondary N) is 2. The summed E-state index contributed by atoms with van der Waals surface area (Å²) in [4.78, 5) is 41.3. The summed E-state index contributed by atoms with van der Waals surface area (Å²) in [7, 11) is 0. The van der Waals surface area contributed by atoms with Crippen LogP contribution in [0.25, 0.3) is 0 Å². The number of alkyl carbamates (subject to hydrolysis) is 1. The van der Waals surface area contributed by atoms with E-state index >= 15 is 0 Å². The number of carbonyl (C=O) groups excluding carboxylic acids is 3. The van der Waals surface area contributed by atoms with Crippen LogP contribution >= 0.6 is 0 Å². The Balaban J connectivity index is 1.92. The predicted octanol–water partition coefficient (Wildman–Crippen LogP) is 5.14. The van der Waals surface area contributed by atoms with E-state index in [1.165, 1.54) is 0 Å². The van der Waals surface area contributed by atoms with Gasteiger partial charge in [-0.15, -0.1) is 0 Å². The van der Waals surface area contributed by atoms with Crippen molar-refractivity contribution in [1.82, 2.24) is 10.2 Å². The molecule has 1 saturated carbocycles. The van der Waals surface area contributed by atoms with Gasteiger partial charge < -0.3 is 20.3 Å². The first kappa shape index (κ1) is 26.3. The molecule has 2 N–H and O–H groups in total. The third kappa shape index (κ3) is 7.07. The lowest BCUT2D eigenvalue weighted by Gasteiger charge is -2.34. The molecule has 2 unspecified atom stereocenters. The molecule has 3 amide bonds. The first-order chi connectivity index (χ1) is 16.5. The van der Waals surface area contributed by atoms with Gasteiger partial charge in [0.1, 0.15) is 17.7 Å². The second-order valence-corrected chi connectivity index (χ2v) is 10.1. The van der Waals surface area contributed by atoms with E-state index in [0.717, 1.165) is 36.0 Å². The van der Waals surface area contributed by atoms with Gasteiger partial charge in [0.25, 0.3) is 5.91 Å². The van der Waals surface area contributed by atoms with Crippen LogP contribution in [0.3, 0.4) is 0 Å². The van der Waals surface area contributed by atoms with Gasteiger partial charge in [-0.05, 0) is 76.6 Å². The Labute approximate surface area is 208 Å². The van der Waals surface area contributed by atoms with E-state index in [0.29, 0.717) is 5.69 Å². The maximum absolute atomic E-state index is 13.7. The van der Waals surface area contributed by atoms with Gasteiger partial charge in [-0.1, -0.05) is 49.4 Å². The molecular weight excluding hydrogens is 442 g/mol. The molecule has 0 bridgehead atoms. The Hall–Kier alpha value is -3.35. The molecule has 7 heteroatoms. The van der Waals surface area contributed by atoms with Gasteiger partial charge in [0.2, 0.25) is 5.91 Å². The van der Waals surface area contributed by atoms with E-state index in [1.54, 1.807) is 32.6 Å². The minimum Gasteiger partial charge on any atom is -0.444 e. The Morgan fingerprint density at radius 1 is 1.06 bits per heavy atom. The lowest BCUT2D eigenvalue weighted by molar-refractivity contribution is -0.141. The zero-order chi connectivity index (χ0) is 25.8. The van der Waals surface area contributed by atoms with Crippen molar-refractivity contribution in [3.63, 3.8) is 0 Å². The van der Waals surface area contributed by atoms with E-state index in [2.05, 4.69) is 17.6 Å². The van der Waals surface area contributed by atoms with E-state index in [9.17, 15) is 14.4 Å². The molecule has 0 aliphatic heterocycles. The zero-order valence-corrected chi connectivity index (χ0v) is 21.6. The third-order valence-corrected chi connectivity index (χ3v) is 5.93. The standard InChI is InChI=1S/C28H37N3O4/c1-7-20-12-14-21(15-13-20)24(25(32)30-23-11-9-8-10-18(23)2)31(22-16-17-22)26(33)19(3)29-27(34)35-28(4,5)6/h8-15,19,22,24H,7,16-17H2,1-6H3,(H,29,34)(H,30,32). The van der Waals surface area contributed by atoms with Gasteiger partial charge in [-0.3, -0.25) is 9.59 Å². The molecular formula is C28H37N3O4. The quantitative estimate of drug-likeness (QED) is 0.549. The molecule has 2 aromatic rings. The fourth-order valence-electron chi connectivity index (χ4n) is 3.93. The molecule has 2 atom stereocenters. The monoisotopic (exact) mass is 479 g/mol. The lowest BCUT2D eigenvalue weighted by atomic mass is 10.00. The van der Waals surface area contributed by atoms with Crippen LogP contribution in [-0.2, 0) is 20.7 Å². The summed E-state index contributed by atoms with van der Waals surface area (Å²) in [5, 5.41) is 5.66. The second kappa shape index (κ2) is 10.9. The van der Waals surface area contributed by atoms with Crippen LogP contribution in [0.2, 0.25) is 0 Å². The highest BCUT2D eigenvalue weighted by molar-refractivity contribution is 5.99. The smallest absolute Gasteiger partial charge is 0.408 e. The van der Waals surface area contributed by atoms with Gasteiger partial charge in [-0.25, -0.2) is 4.79 Å². The van der Waals surface area contributed by atoms with E-state index in [4.69, 9.17) is 4.74 Å². The zero-order valence-electron chi connectivity index (χ0n) is 21.6. The first-order valence-corrected chi connectivity index (χ1v) is 12.3. The van der Waals surface area contributed by atoms with Crippen molar-refractivity contribution in [2.45, 2.75) is 84.5 Å². The molecule has 7 nitrogen and oxygen atoms in total. The summed E-state index contributed by atoms with van der Waals surface area (Å²) in [6, 6.07) is 13.6. The molecule has 0 spiro atoms. The van der Waals surface area contributed by atoms with Gasteiger partial charge in [-0.2, -0.15) is 0 Å². The van der Waals surface area contributed by atoms with Crippen LogP contribution in [0, 0.1) is 6.92 Å². The molecule has 1 fully saturated rings. The van der Waals surface area contributed by atoms with Gasteiger partial charge in [0.05, 0.1) is 0 Å². The molecule has 3 rings (SSSR count). The topological polar surface area (TPSA) is 87.7 Å². The lowest BCUT2D eigenvalue weighted by Crippen LogP contribution is -2.52. The number of hydrogen-bond donors (Lipinski definition) is 2. The number of hydrogen-bond acceptors (Lipinski definition) is 4. The Morgan fingerprint density at radius 2 is 1.69 bits per heavy atom. The maximum atomic E-state index is 13.7. The van der Waals surface area contributed by atoms with Crippen molar-refractivity contribution in [1.29, 1.82) is 0 Å². The molecule has 35 heavy (non-hydrogen) atoms. The number of nitrogens with zero attached hydrogens (tertiary/aromatic N) is 1. The summed E-state index contributed by atoms with van der Waals surface area (Å²) in [6.07, 6.45) is 1.84. The van der Waals surface area contributed by atoms with Crippen molar-refractivity contribution in [3.05, 3.63) is 65.2 Å². The number of para-hydroxylation sites is 1. The van der Waals surface area contributed by atoms with Crippen LogP contribution in [0.5, 0.6) is 0 Å². The Kier molecular flexibility index (Phi) is 8.20. The SMILES string of the molecule is CCc1ccc(C(C(=O)Nc2ccccc2C)N(C(=O)C(C)NC(=O)OC(C)(C)C)C2CC2)cc1. The number of aryl methyl sites for hydroxylation is 2. The summed E-state index contributed by atoms with van der Waals surface area (Å²) < 4.78 is 5.32. The van der Waals surface area contributed by atoms with Crippen LogP contribution in [0.4, 0.5) is 10.5 Å². The first-order valence-electron chi connectivity index (χ1n) is 12.3. The number of anilines is 1. The van der Waals surface area contributed by atoms with Crippen LogP contribution in [0.1, 0.15) is 70.2 Å².